The number of halogens is 1. The van der Waals surface area contributed by atoms with Gasteiger partial charge in [-0.25, -0.2) is 13.2 Å². The molecule has 19 heavy (non-hydrogen) atoms. The maximum atomic E-state index is 11.2. The van der Waals surface area contributed by atoms with Crippen LogP contribution in [0.4, 0.5) is 5.69 Å². The predicted octanol–water partition coefficient (Wildman–Crippen LogP) is 1.82. The zero-order valence-electron chi connectivity index (χ0n) is 10.2. The largest absolute Gasteiger partial charge is 0.495 e. The molecule has 0 aliphatic rings. The van der Waals surface area contributed by atoms with E-state index in [0.717, 1.165) is 12.3 Å². The fourth-order valence-corrected chi connectivity index (χ4v) is 2.13. The number of ether oxygens (including phenoxy) is 1. The summed E-state index contributed by atoms with van der Waals surface area (Å²) in [5, 5.41) is 8.81. The van der Waals surface area contributed by atoms with Crippen LogP contribution in [0.15, 0.2) is 18.2 Å². The Morgan fingerprint density at radius 1 is 1.47 bits per heavy atom. The van der Waals surface area contributed by atoms with E-state index in [9.17, 15) is 13.2 Å². The highest BCUT2D eigenvalue weighted by Crippen LogP contribution is 2.32. The normalized spacial score (nSPS) is 11.5. The van der Waals surface area contributed by atoms with Gasteiger partial charge in [0.1, 0.15) is 5.75 Å². The molecule has 2 N–H and O–H groups in total. The summed E-state index contributed by atoms with van der Waals surface area (Å²) in [4.78, 5) is 10.5. The molecule has 0 aromatic heterocycles. The summed E-state index contributed by atoms with van der Waals surface area (Å²) in [5.41, 5.74) is 0.500. The number of carbonyl (C=O) groups is 1. The van der Waals surface area contributed by atoms with E-state index >= 15 is 0 Å². The Balaban J connectivity index is 3.34. The van der Waals surface area contributed by atoms with Crippen molar-refractivity contribution in [2.45, 2.75) is 0 Å². The summed E-state index contributed by atoms with van der Waals surface area (Å²) in [6.07, 6.45) is 3.11. The van der Waals surface area contributed by atoms with E-state index in [1.165, 1.54) is 25.3 Å². The number of anilines is 1. The summed E-state index contributed by atoms with van der Waals surface area (Å²) >= 11 is 5.89. The lowest BCUT2D eigenvalue weighted by molar-refractivity contribution is -0.131. The van der Waals surface area contributed by atoms with Gasteiger partial charge in [0.2, 0.25) is 10.0 Å². The van der Waals surface area contributed by atoms with Crippen LogP contribution in [-0.2, 0) is 14.8 Å². The molecule has 0 unspecified atom stereocenters. The molecule has 8 heteroatoms. The average Bonchev–Trinajstić information content (AvgIpc) is 2.25. The van der Waals surface area contributed by atoms with Crippen LogP contribution in [0.1, 0.15) is 5.56 Å². The number of carboxylic acids is 1. The molecule has 0 heterocycles. The van der Waals surface area contributed by atoms with Gasteiger partial charge in [-0.05, 0) is 18.2 Å². The second-order valence-electron chi connectivity index (χ2n) is 3.62. The first-order valence-corrected chi connectivity index (χ1v) is 7.26. The molecule has 0 aliphatic carbocycles. The van der Waals surface area contributed by atoms with Gasteiger partial charge in [0, 0.05) is 11.6 Å². The number of benzene rings is 1. The minimum Gasteiger partial charge on any atom is -0.495 e. The molecule has 0 atom stereocenters. The lowest BCUT2D eigenvalue weighted by Crippen LogP contribution is -2.10. The number of hydrogen-bond donors (Lipinski definition) is 2. The minimum atomic E-state index is -3.51. The Morgan fingerprint density at radius 3 is 2.58 bits per heavy atom. The Kier molecular flexibility index (Phi) is 4.79. The van der Waals surface area contributed by atoms with Gasteiger partial charge in [0.15, 0.2) is 0 Å². The summed E-state index contributed by atoms with van der Waals surface area (Å²) in [5.74, 6) is -0.843. The first-order valence-electron chi connectivity index (χ1n) is 4.99. The fourth-order valence-electron chi connectivity index (χ4n) is 1.31. The monoisotopic (exact) mass is 305 g/mol. The van der Waals surface area contributed by atoms with Crippen LogP contribution in [-0.4, -0.2) is 32.9 Å². The summed E-state index contributed by atoms with van der Waals surface area (Å²) < 4.78 is 29.7. The quantitative estimate of drug-likeness (QED) is 0.809. The number of sulfonamides is 1. The second-order valence-corrected chi connectivity index (χ2v) is 5.78. The Morgan fingerprint density at radius 2 is 2.11 bits per heavy atom. The SMILES string of the molecule is COc1cc(C=CC(=O)O)c(NS(C)(=O)=O)cc1Cl. The third-order valence-corrected chi connectivity index (χ3v) is 2.91. The maximum Gasteiger partial charge on any atom is 0.328 e. The molecule has 6 nitrogen and oxygen atoms in total. The molecule has 104 valence electrons. The number of methoxy groups -OCH3 is 1. The van der Waals surface area contributed by atoms with E-state index in [1.807, 2.05) is 0 Å². The fraction of sp³-hybridized carbons (Fsp3) is 0.182. The number of aliphatic carboxylic acids is 1. The zero-order chi connectivity index (χ0) is 14.6. The Labute approximate surface area is 115 Å². The van der Waals surface area contributed by atoms with Crippen molar-refractivity contribution in [3.8, 4) is 5.75 Å². The van der Waals surface area contributed by atoms with Crippen molar-refractivity contribution in [2.75, 3.05) is 18.1 Å². The Hall–Kier alpha value is -1.73. The molecule has 0 bridgehead atoms. The van der Waals surface area contributed by atoms with Crippen molar-refractivity contribution in [3.05, 3.63) is 28.8 Å². The highest BCUT2D eigenvalue weighted by atomic mass is 35.5. The van der Waals surface area contributed by atoms with Crippen LogP contribution in [0.2, 0.25) is 5.02 Å². The van der Waals surface area contributed by atoms with Crippen LogP contribution >= 0.6 is 11.6 Å². The van der Waals surface area contributed by atoms with Crippen LogP contribution < -0.4 is 9.46 Å². The lowest BCUT2D eigenvalue weighted by Gasteiger charge is -2.11. The lowest BCUT2D eigenvalue weighted by atomic mass is 10.1. The molecule has 1 aromatic carbocycles. The highest BCUT2D eigenvalue weighted by Gasteiger charge is 2.11. The smallest absolute Gasteiger partial charge is 0.328 e. The van der Waals surface area contributed by atoms with Crippen LogP contribution in [0.25, 0.3) is 6.08 Å². The molecule has 1 rings (SSSR count). The van der Waals surface area contributed by atoms with Crippen molar-refractivity contribution < 1.29 is 23.1 Å². The summed E-state index contributed by atoms with van der Waals surface area (Å²) in [6, 6.07) is 2.79. The van der Waals surface area contributed by atoms with E-state index in [1.54, 1.807) is 0 Å². The number of hydrogen-bond acceptors (Lipinski definition) is 4. The van der Waals surface area contributed by atoms with Gasteiger partial charge in [-0.15, -0.1) is 0 Å². The van der Waals surface area contributed by atoms with E-state index in [2.05, 4.69) is 4.72 Å². The van der Waals surface area contributed by atoms with Gasteiger partial charge in [-0.3, -0.25) is 4.72 Å². The summed E-state index contributed by atoms with van der Waals surface area (Å²) in [7, 11) is -2.11. The molecule has 0 aliphatic heterocycles. The zero-order valence-corrected chi connectivity index (χ0v) is 11.7. The standard InChI is InChI=1S/C11H12ClNO5S/c1-18-10-5-7(3-4-11(14)15)9(6-8(10)12)13-19(2,16)17/h3-6,13H,1-2H3,(H,14,15). The number of nitrogens with one attached hydrogen (secondary N) is 1. The van der Waals surface area contributed by atoms with E-state index in [4.69, 9.17) is 21.4 Å². The van der Waals surface area contributed by atoms with Gasteiger partial charge >= 0.3 is 5.97 Å². The van der Waals surface area contributed by atoms with Crippen LogP contribution in [0, 0.1) is 0 Å². The third kappa shape index (κ3) is 4.80. The average molecular weight is 306 g/mol. The van der Waals surface area contributed by atoms with Gasteiger partial charge in [-0.2, -0.15) is 0 Å². The van der Waals surface area contributed by atoms with E-state index in [-0.39, 0.29) is 10.7 Å². The van der Waals surface area contributed by atoms with Gasteiger partial charge in [-0.1, -0.05) is 11.6 Å². The molecule has 1 aromatic rings. The first-order chi connectivity index (χ1) is 8.73. The van der Waals surface area contributed by atoms with Crippen molar-refractivity contribution in [1.82, 2.24) is 0 Å². The summed E-state index contributed by atoms with van der Waals surface area (Å²) in [6.45, 7) is 0. The second kappa shape index (κ2) is 5.94. The predicted molar refractivity (Wildman–Crippen MR) is 73.1 cm³/mol. The van der Waals surface area contributed by atoms with E-state index < -0.39 is 16.0 Å². The van der Waals surface area contributed by atoms with Crippen LogP contribution in [0.5, 0.6) is 5.75 Å². The topological polar surface area (TPSA) is 92.7 Å². The first kappa shape index (κ1) is 15.3. The molecular formula is C11H12ClNO5S. The molecular weight excluding hydrogens is 294 g/mol. The van der Waals surface area contributed by atoms with E-state index in [0.29, 0.717) is 11.3 Å². The van der Waals surface area contributed by atoms with Gasteiger partial charge in [0.25, 0.3) is 0 Å². The van der Waals surface area contributed by atoms with Crippen molar-refractivity contribution in [2.24, 2.45) is 0 Å². The van der Waals surface area contributed by atoms with Gasteiger partial charge in [0.05, 0.1) is 24.1 Å². The minimum absolute atomic E-state index is 0.172. The van der Waals surface area contributed by atoms with Crippen molar-refractivity contribution in [3.63, 3.8) is 0 Å². The number of rotatable bonds is 5. The molecule has 0 saturated carbocycles. The Bertz CT molecular complexity index is 624. The molecule has 0 amide bonds. The number of carboxylic acid groups (broad SMARTS) is 1. The van der Waals surface area contributed by atoms with Crippen molar-refractivity contribution in [1.29, 1.82) is 0 Å². The maximum absolute atomic E-state index is 11.2. The molecule has 0 spiro atoms. The molecule has 0 saturated heterocycles. The van der Waals surface area contributed by atoms with Crippen molar-refractivity contribution >= 4 is 39.4 Å². The van der Waals surface area contributed by atoms with Gasteiger partial charge < -0.3 is 9.84 Å². The molecule has 0 radical (unpaired) electrons. The van der Waals surface area contributed by atoms with Crippen LogP contribution in [0.3, 0.4) is 0 Å². The highest BCUT2D eigenvalue weighted by molar-refractivity contribution is 7.92. The molecule has 0 fully saturated rings. The third-order valence-electron chi connectivity index (χ3n) is 2.02.